The van der Waals surface area contributed by atoms with Crippen LogP contribution in [0.25, 0.3) is 0 Å². The molecule has 1 aliphatic carbocycles. The molecule has 0 spiro atoms. The van der Waals surface area contributed by atoms with E-state index in [0.29, 0.717) is 17.4 Å². The maximum Gasteiger partial charge on any atom is 0.244 e. The second kappa shape index (κ2) is 6.94. The molecule has 1 aromatic heterocycles. The molecule has 24 heavy (non-hydrogen) atoms. The number of benzene rings is 1. The van der Waals surface area contributed by atoms with E-state index < -0.39 is 17.7 Å². The van der Waals surface area contributed by atoms with Gasteiger partial charge in [-0.25, -0.2) is 8.78 Å². The van der Waals surface area contributed by atoms with Gasteiger partial charge in [-0.2, -0.15) is 4.98 Å². The van der Waals surface area contributed by atoms with Crippen LogP contribution in [0.4, 0.5) is 8.78 Å². The van der Waals surface area contributed by atoms with Crippen LogP contribution in [0.15, 0.2) is 22.7 Å². The molecule has 7 heteroatoms. The van der Waals surface area contributed by atoms with E-state index in [2.05, 4.69) is 15.5 Å². The molecule has 130 valence electrons. The summed E-state index contributed by atoms with van der Waals surface area (Å²) in [4.78, 5) is 4.44. The van der Waals surface area contributed by atoms with Gasteiger partial charge in [-0.3, -0.25) is 0 Å². The molecule has 1 aliphatic rings. The summed E-state index contributed by atoms with van der Waals surface area (Å²) in [5, 5.41) is 17.4. The average Bonchev–Trinajstić information content (AvgIpc) is 3.28. The summed E-state index contributed by atoms with van der Waals surface area (Å²) in [6.45, 7) is 4.17. The predicted octanol–water partition coefficient (Wildman–Crippen LogP) is 3.25. The number of aliphatic hydroxyl groups is 1. The van der Waals surface area contributed by atoms with E-state index in [9.17, 15) is 13.9 Å². The van der Waals surface area contributed by atoms with Gasteiger partial charge in [-0.15, -0.1) is 0 Å². The topological polar surface area (TPSA) is 71.2 Å². The number of hydrogen-bond donors (Lipinski definition) is 2. The summed E-state index contributed by atoms with van der Waals surface area (Å²) < 4.78 is 31.6. The first-order valence-corrected chi connectivity index (χ1v) is 8.15. The second-order valence-corrected chi connectivity index (χ2v) is 6.58. The van der Waals surface area contributed by atoms with Crippen LogP contribution in [0.5, 0.6) is 0 Å². The third kappa shape index (κ3) is 3.79. The van der Waals surface area contributed by atoms with Crippen molar-refractivity contribution in [3.63, 3.8) is 0 Å². The van der Waals surface area contributed by atoms with E-state index >= 15 is 0 Å². The summed E-state index contributed by atoms with van der Waals surface area (Å²) in [5.74, 6) is -0.115. The molecule has 3 rings (SSSR count). The van der Waals surface area contributed by atoms with Crippen molar-refractivity contribution in [2.24, 2.45) is 5.92 Å². The summed E-state index contributed by atoms with van der Waals surface area (Å²) >= 11 is 0. The summed E-state index contributed by atoms with van der Waals surface area (Å²) in [6.07, 6.45) is 1.22. The van der Waals surface area contributed by atoms with E-state index in [0.717, 1.165) is 30.8 Å². The Balaban J connectivity index is 1.65. The van der Waals surface area contributed by atoms with Crippen molar-refractivity contribution in [2.75, 3.05) is 6.54 Å². The first-order valence-electron chi connectivity index (χ1n) is 8.15. The Bertz CT molecular complexity index is 701. The minimum absolute atomic E-state index is 0.162. The zero-order chi connectivity index (χ0) is 17.3. The molecule has 1 fully saturated rings. The molecule has 2 atom stereocenters. The largest absolute Gasteiger partial charge is 0.387 e. The van der Waals surface area contributed by atoms with Crippen LogP contribution >= 0.6 is 0 Å². The zero-order valence-corrected chi connectivity index (χ0v) is 13.7. The molecular formula is C17H21F2N3O2. The molecule has 0 radical (unpaired) electrons. The molecule has 0 amide bonds. The molecule has 1 heterocycles. The van der Waals surface area contributed by atoms with Crippen LogP contribution in [0, 0.1) is 17.6 Å². The fourth-order valence-electron chi connectivity index (χ4n) is 2.57. The Morgan fingerprint density at radius 3 is 2.67 bits per heavy atom. The third-order valence-electron chi connectivity index (χ3n) is 4.19. The Kier molecular flexibility index (Phi) is 4.91. The fourth-order valence-corrected chi connectivity index (χ4v) is 2.57. The van der Waals surface area contributed by atoms with Crippen molar-refractivity contribution in [2.45, 2.75) is 44.8 Å². The molecule has 2 unspecified atom stereocenters. The molecular weight excluding hydrogens is 316 g/mol. The number of aromatic nitrogens is 2. The average molecular weight is 337 g/mol. The highest BCUT2D eigenvalue weighted by atomic mass is 19.2. The van der Waals surface area contributed by atoms with Gasteiger partial charge in [0.2, 0.25) is 5.89 Å². The van der Waals surface area contributed by atoms with Crippen molar-refractivity contribution >= 4 is 0 Å². The van der Waals surface area contributed by atoms with E-state index in [4.69, 9.17) is 4.52 Å². The third-order valence-corrected chi connectivity index (χ3v) is 4.19. The van der Waals surface area contributed by atoms with Gasteiger partial charge >= 0.3 is 0 Å². The zero-order valence-electron chi connectivity index (χ0n) is 13.7. The number of nitrogens with zero attached hydrogens (tertiary/aromatic N) is 2. The maximum atomic E-state index is 13.3. The normalized spacial score (nSPS) is 17.2. The molecule has 1 saturated carbocycles. The lowest BCUT2D eigenvalue weighted by molar-refractivity contribution is 0.159. The van der Waals surface area contributed by atoms with Crippen LogP contribution in [-0.4, -0.2) is 21.8 Å². The van der Waals surface area contributed by atoms with E-state index in [1.807, 2.05) is 13.8 Å². The van der Waals surface area contributed by atoms with Crippen molar-refractivity contribution in [1.82, 2.24) is 15.5 Å². The van der Waals surface area contributed by atoms with Crippen LogP contribution in [0.3, 0.4) is 0 Å². The molecule has 5 nitrogen and oxygen atoms in total. The Morgan fingerprint density at radius 1 is 1.29 bits per heavy atom. The summed E-state index contributed by atoms with van der Waals surface area (Å²) in [6, 6.07) is 3.16. The molecule has 1 aromatic carbocycles. The fraction of sp³-hybridized carbons (Fsp3) is 0.529. The molecule has 2 N–H and O–H groups in total. The van der Waals surface area contributed by atoms with Gasteiger partial charge in [-0.05, 0) is 36.5 Å². The highest BCUT2D eigenvalue weighted by Crippen LogP contribution is 2.38. The highest BCUT2D eigenvalue weighted by Gasteiger charge is 2.31. The Labute approximate surface area is 139 Å². The first-order chi connectivity index (χ1) is 11.5. The van der Waals surface area contributed by atoms with E-state index in [1.54, 1.807) is 0 Å². The minimum Gasteiger partial charge on any atom is -0.387 e. The van der Waals surface area contributed by atoms with Crippen molar-refractivity contribution in [3.05, 3.63) is 47.1 Å². The number of rotatable bonds is 7. The lowest BCUT2D eigenvalue weighted by Crippen LogP contribution is -2.30. The van der Waals surface area contributed by atoms with Crippen molar-refractivity contribution in [1.29, 1.82) is 0 Å². The van der Waals surface area contributed by atoms with Gasteiger partial charge in [0.15, 0.2) is 17.5 Å². The SMILES string of the molecule is CC(C)C(NCC(O)c1ccc(F)c(F)c1)c1nc(C2CC2)no1. The van der Waals surface area contributed by atoms with Crippen LogP contribution in [0.2, 0.25) is 0 Å². The number of aliphatic hydroxyl groups excluding tert-OH is 1. The number of nitrogens with one attached hydrogen (secondary N) is 1. The van der Waals surface area contributed by atoms with Gasteiger partial charge in [0, 0.05) is 12.5 Å². The Hall–Kier alpha value is -1.86. The predicted molar refractivity (Wildman–Crippen MR) is 83.2 cm³/mol. The quantitative estimate of drug-likeness (QED) is 0.811. The number of hydrogen-bond acceptors (Lipinski definition) is 5. The minimum atomic E-state index is -0.974. The summed E-state index contributed by atoms with van der Waals surface area (Å²) in [5.41, 5.74) is 0.313. The second-order valence-electron chi connectivity index (χ2n) is 6.58. The standard InChI is InChI=1S/C17H21F2N3O2/c1-9(2)15(17-21-16(22-24-17)10-3-4-10)20-8-14(23)11-5-6-12(18)13(19)7-11/h5-7,9-10,14-15,20,23H,3-4,8H2,1-2H3. The van der Waals surface area contributed by atoms with Crippen molar-refractivity contribution in [3.8, 4) is 0 Å². The molecule has 0 saturated heterocycles. The highest BCUT2D eigenvalue weighted by molar-refractivity contribution is 5.20. The molecule has 0 aliphatic heterocycles. The van der Waals surface area contributed by atoms with Gasteiger partial charge in [0.05, 0.1) is 12.1 Å². The van der Waals surface area contributed by atoms with Gasteiger partial charge in [-0.1, -0.05) is 25.1 Å². The molecule has 2 aromatic rings. The monoisotopic (exact) mass is 337 g/mol. The summed E-state index contributed by atoms with van der Waals surface area (Å²) in [7, 11) is 0. The molecule has 0 bridgehead atoms. The van der Waals surface area contributed by atoms with Crippen LogP contribution in [-0.2, 0) is 0 Å². The first kappa shape index (κ1) is 17.0. The van der Waals surface area contributed by atoms with Gasteiger partial charge < -0.3 is 14.9 Å². The van der Waals surface area contributed by atoms with Crippen molar-refractivity contribution < 1.29 is 18.4 Å². The Morgan fingerprint density at radius 2 is 2.04 bits per heavy atom. The van der Waals surface area contributed by atoms with Crippen LogP contribution < -0.4 is 5.32 Å². The van der Waals surface area contributed by atoms with Gasteiger partial charge in [0.25, 0.3) is 0 Å². The maximum absolute atomic E-state index is 13.3. The van der Waals surface area contributed by atoms with E-state index in [1.165, 1.54) is 6.07 Å². The lowest BCUT2D eigenvalue weighted by Gasteiger charge is -2.21. The van der Waals surface area contributed by atoms with Crippen LogP contribution in [0.1, 0.15) is 62.0 Å². The van der Waals surface area contributed by atoms with E-state index in [-0.39, 0.29) is 18.5 Å². The number of halogens is 2. The lowest BCUT2D eigenvalue weighted by atomic mass is 10.0. The van der Waals surface area contributed by atoms with Gasteiger partial charge in [0.1, 0.15) is 0 Å². The smallest absolute Gasteiger partial charge is 0.244 e.